The van der Waals surface area contributed by atoms with Gasteiger partial charge in [0.2, 0.25) is 0 Å². The van der Waals surface area contributed by atoms with Crippen LogP contribution in [0.2, 0.25) is 0 Å². The lowest BCUT2D eigenvalue weighted by Crippen LogP contribution is -2.51. The molecule has 0 unspecified atom stereocenters. The minimum Gasteiger partial charge on any atom is -0.336 e. The molecule has 3 saturated carbocycles. The van der Waals surface area contributed by atoms with E-state index in [4.69, 9.17) is 5.10 Å². The minimum atomic E-state index is -4.42. The van der Waals surface area contributed by atoms with Crippen molar-refractivity contribution in [2.24, 2.45) is 0 Å². The fourth-order valence-electron chi connectivity index (χ4n) is 5.77. The molecule has 1 aromatic carbocycles. The number of halogens is 3. The third-order valence-corrected chi connectivity index (χ3v) is 7.95. The first-order valence-electron chi connectivity index (χ1n) is 12.7. The fourth-order valence-corrected chi connectivity index (χ4v) is 5.77. The molecule has 0 atom stereocenters. The Morgan fingerprint density at radius 3 is 2.21 bits per heavy atom. The van der Waals surface area contributed by atoms with Crippen LogP contribution in [0.3, 0.4) is 0 Å². The van der Waals surface area contributed by atoms with Crippen LogP contribution in [0.4, 0.5) is 13.2 Å². The second-order valence-corrected chi connectivity index (χ2v) is 10.4. The summed E-state index contributed by atoms with van der Waals surface area (Å²) < 4.78 is 41.8. The van der Waals surface area contributed by atoms with E-state index in [9.17, 15) is 18.0 Å². The van der Waals surface area contributed by atoms with Crippen molar-refractivity contribution < 1.29 is 18.0 Å². The molecule has 5 nitrogen and oxygen atoms in total. The SMILES string of the molecule is O=C(c1c(C2CC2)nn(-c2cccc(C(F)(F)F)c2)c1C1CC1)N1CCN(C2CCCC2)CC1. The van der Waals surface area contributed by atoms with Crippen LogP contribution in [0.1, 0.15) is 90.5 Å². The fraction of sp³-hybridized carbons (Fsp3) is 0.615. The van der Waals surface area contributed by atoms with E-state index in [0.29, 0.717) is 30.4 Å². The average molecular weight is 473 g/mol. The number of hydrogen-bond acceptors (Lipinski definition) is 3. The van der Waals surface area contributed by atoms with Crippen molar-refractivity contribution in [3.63, 3.8) is 0 Å². The van der Waals surface area contributed by atoms with E-state index in [1.165, 1.54) is 31.7 Å². The summed E-state index contributed by atoms with van der Waals surface area (Å²) in [7, 11) is 0. The number of aromatic nitrogens is 2. The Hall–Kier alpha value is -2.35. The highest BCUT2D eigenvalue weighted by Gasteiger charge is 2.42. The first kappa shape index (κ1) is 22.1. The van der Waals surface area contributed by atoms with Crippen LogP contribution in [0.15, 0.2) is 24.3 Å². The molecule has 4 fully saturated rings. The zero-order valence-corrected chi connectivity index (χ0v) is 19.4. The van der Waals surface area contributed by atoms with Gasteiger partial charge < -0.3 is 4.90 Å². The van der Waals surface area contributed by atoms with Crippen LogP contribution >= 0.6 is 0 Å². The Bertz CT molecular complexity index is 1070. The Balaban J connectivity index is 1.33. The van der Waals surface area contributed by atoms with Gasteiger partial charge >= 0.3 is 6.18 Å². The molecule has 0 bridgehead atoms. The first-order chi connectivity index (χ1) is 16.4. The van der Waals surface area contributed by atoms with Crippen molar-refractivity contribution in [1.29, 1.82) is 0 Å². The number of piperazine rings is 1. The highest BCUT2D eigenvalue weighted by Crippen LogP contribution is 2.48. The number of carbonyl (C=O) groups is 1. The molecule has 1 amide bonds. The first-order valence-corrected chi connectivity index (χ1v) is 12.7. The van der Waals surface area contributed by atoms with Crippen LogP contribution < -0.4 is 0 Å². The van der Waals surface area contributed by atoms with Gasteiger partial charge in [0, 0.05) is 44.1 Å². The third-order valence-electron chi connectivity index (χ3n) is 7.95. The van der Waals surface area contributed by atoms with Gasteiger partial charge in [-0.25, -0.2) is 4.68 Å². The van der Waals surface area contributed by atoms with Gasteiger partial charge in [0.05, 0.1) is 28.2 Å². The van der Waals surface area contributed by atoms with Crippen LogP contribution in [-0.2, 0) is 6.18 Å². The number of nitrogens with zero attached hydrogens (tertiary/aromatic N) is 4. The molecule has 0 spiro atoms. The third kappa shape index (κ3) is 4.14. The maximum Gasteiger partial charge on any atom is 0.416 e. The van der Waals surface area contributed by atoms with E-state index in [0.717, 1.165) is 62.3 Å². The zero-order chi connectivity index (χ0) is 23.4. The van der Waals surface area contributed by atoms with Crippen LogP contribution in [0.25, 0.3) is 5.69 Å². The number of alkyl halides is 3. The number of amides is 1. The summed E-state index contributed by atoms with van der Waals surface area (Å²) in [6.45, 7) is 3.21. The second-order valence-electron chi connectivity index (χ2n) is 10.4. The summed E-state index contributed by atoms with van der Waals surface area (Å²) in [5, 5.41) is 4.81. The van der Waals surface area contributed by atoms with E-state index in [1.807, 2.05) is 4.90 Å². The monoisotopic (exact) mass is 472 g/mol. The highest BCUT2D eigenvalue weighted by molar-refractivity contribution is 5.97. The largest absolute Gasteiger partial charge is 0.416 e. The van der Waals surface area contributed by atoms with E-state index in [1.54, 1.807) is 10.7 Å². The maximum atomic E-state index is 13.9. The number of benzene rings is 1. The van der Waals surface area contributed by atoms with Gasteiger partial charge in [-0.2, -0.15) is 18.3 Å². The standard InChI is InChI=1S/C26H31F3N4O/c27-26(28,29)19-4-3-7-21(16-19)33-24(18-10-11-18)22(23(30-33)17-8-9-17)25(34)32-14-12-31(13-15-32)20-5-1-2-6-20/h3-4,7,16-18,20H,1-2,5-6,8-15H2. The molecule has 1 saturated heterocycles. The average Bonchev–Trinajstić information content (AvgIpc) is 3.77. The minimum absolute atomic E-state index is 0.0214. The van der Waals surface area contributed by atoms with Crippen LogP contribution in [0.5, 0.6) is 0 Å². The van der Waals surface area contributed by atoms with Gasteiger partial charge in [0.1, 0.15) is 0 Å². The summed E-state index contributed by atoms with van der Waals surface area (Å²) >= 11 is 0. The maximum absolute atomic E-state index is 13.9. The van der Waals surface area contributed by atoms with Crippen molar-refractivity contribution in [2.75, 3.05) is 26.2 Å². The van der Waals surface area contributed by atoms with Gasteiger partial charge in [-0.05, 0) is 56.7 Å². The predicted octanol–water partition coefficient (Wildman–Crippen LogP) is 5.35. The molecular formula is C26H31F3N4O. The predicted molar refractivity (Wildman–Crippen MR) is 122 cm³/mol. The van der Waals surface area contributed by atoms with Crippen molar-refractivity contribution in [1.82, 2.24) is 19.6 Å². The van der Waals surface area contributed by atoms with Crippen molar-refractivity contribution >= 4 is 5.91 Å². The smallest absolute Gasteiger partial charge is 0.336 e. The molecule has 1 aliphatic heterocycles. The van der Waals surface area contributed by atoms with Gasteiger partial charge in [-0.15, -0.1) is 0 Å². The second kappa shape index (κ2) is 8.40. The summed E-state index contributed by atoms with van der Waals surface area (Å²) in [6, 6.07) is 5.99. The Morgan fingerprint density at radius 1 is 0.912 bits per heavy atom. The van der Waals surface area contributed by atoms with Gasteiger partial charge in [0.15, 0.2) is 0 Å². The quantitative estimate of drug-likeness (QED) is 0.589. The normalized spacial score (nSPS) is 22.5. The van der Waals surface area contributed by atoms with Crippen molar-refractivity contribution in [3.8, 4) is 5.69 Å². The van der Waals surface area contributed by atoms with E-state index in [-0.39, 0.29) is 17.7 Å². The topological polar surface area (TPSA) is 41.4 Å². The summed E-state index contributed by atoms with van der Waals surface area (Å²) in [4.78, 5) is 18.4. The van der Waals surface area contributed by atoms with Crippen LogP contribution in [-0.4, -0.2) is 57.7 Å². The Kier molecular flexibility index (Phi) is 5.47. The molecule has 34 heavy (non-hydrogen) atoms. The van der Waals surface area contributed by atoms with Gasteiger partial charge in [-0.3, -0.25) is 9.69 Å². The lowest BCUT2D eigenvalue weighted by molar-refractivity contribution is -0.137. The Morgan fingerprint density at radius 2 is 1.59 bits per heavy atom. The molecule has 0 N–H and O–H groups in total. The lowest BCUT2D eigenvalue weighted by atomic mass is 10.0. The summed E-state index contributed by atoms with van der Waals surface area (Å²) in [6.07, 6.45) is 4.57. The van der Waals surface area contributed by atoms with Gasteiger partial charge in [0.25, 0.3) is 5.91 Å². The Labute approximate surface area is 197 Å². The number of carbonyl (C=O) groups excluding carboxylic acids is 1. The molecule has 3 aliphatic carbocycles. The summed E-state index contributed by atoms with van der Waals surface area (Å²) in [5.74, 6) is 0.449. The molecule has 6 rings (SSSR count). The van der Waals surface area contributed by atoms with E-state index >= 15 is 0 Å². The zero-order valence-electron chi connectivity index (χ0n) is 19.4. The molecule has 8 heteroatoms. The molecule has 0 radical (unpaired) electrons. The lowest BCUT2D eigenvalue weighted by Gasteiger charge is -2.38. The number of rotatable bonds is 5. The highest BCUT2D eigenvalue weighted by atomic mass is 19.4. The van der Waals surface area contributed by atoms with Crippen molar-refractivity contribution in [2.45, 2.75) is 75.4 Å². The summed E-state index contributed by atoms with van der Waals surface area (Å²) in [5.41, 5.74) is 2.00. The molecule has 4 aliphatic rings. The molecule has 1 aromatic heterocycles. The van der Waals surface area contributed by atoms with Gasteiger partial charge in [-0.1, -0.05) is 18.9 Å². The molecular weight excluding hydrogens is 441 g/mol. The van der Waals surface area contributed by atoms with E-state index < -0.39 is 11.7 Å². The molecule has 2 aromatic rings. The van der Waals surface area contributed by atoms with E-state index in [2.05, 4.69) is 4.90 Å². The van der Waals surface area contributed by atoms with Crippen LogP contribution in [0, 0.1) is 0 Å². The molecule has 182 valence electrons. The number of hydrogen-bond donors (Lipinski definition) is 0. The molecule has 2 heterocycles. The van der Waals surface area contributed by atoms with Crippen molar-refractivity contribution in [3.05, 3.63) is 46.8 Å².